The van der Waals surface area contributed by atoms with Crippen molar-refractivity contribution in [3.63, 3.8) is 0 Å². The van der Waals surface area contributed by atoms with Crippen molar-refractivity contribution in [2.24, 2.45) is 0 Å². The van der Waals surface area contributed by atoms with E-state index < -0.39 is 5.97 Å². The average molecular weight is 473 g/mol. The van der Waals surface area contributed by atoms with E-state index in [0.29, 0.717) is 50.8 Å². The summed E-state index contributed by atoms with van der Waals surface area (Å²) in [6.07, 6.45) is 0. The van der Waals surface area contributed by atoms with Gasteiger partial charge >= 0.3 is 5.97 Å². The van der Waals surface area contributed by atoms with Crippen LogP contribution in [0.25, 0.3) is 10.8 Å². The third-order valence-electron chi connectivity index (χ3n) is 3.73. The highest BCUT2D eigenvalue weighted by molar-refractivity contribution is 7.87. The first-order valence-electron chi connectivity index (χ1n) is 7.09. The highest BCUT2D eigenvalue weighted by atomic mass is 32.1. The number of para-hydroxylation sites is 1. The lowest BCUT2D eigenvalue weighted by Crippen LogP contribution is -2.12. The zero-order valence-electron chi connectivity index (χ0n) is 12.8. The van der Waals surface area contributed by atoms with E-state index in [4.69, 9.17) is 4.74 Å². The predicted octanol–water partition coefficient (Wildman–Crippen LogP) is 6.08. The molecular weight excluding hydrogens is 461 g/mol. The molecule has 0 saturated carbocycles. The van der Waals surface area contributed by atoms with Crippen LogP contribution in [0, 0.1) is 0 Å². The number of ether oxygens (including phenoxy) is 1. The van der Waals surface area contributed by atoms with E-state index in [0.717, 1.165) is 0 Å². The largest absolute Gasteiger partial charge is 0.423 e. The van der Waals surface area contributed by atoms with E-state index in [-0.39, 0.29) is 5.56 Å². The maximum Gasteiger partial charge on any atom is 0.345 e. The summed E-state index contributed by atoms with van der Waals surface area (Å²) >= 11 is 31.4. The molecule has 0 aliphatic rings. The summed E-state index contributed by atoms with van der Waals surface area (Å²) in [5.41, 5.74) is 0.221. The molecule has 2 nitrogen and oxygen atoms in total. The maximum absolute atomic E-state index is 12.9. The number of hydrogen-bond acceptors (Lipinski definition) is 9. The van der Waals surface area contributed by atoms with Gasteiger partial charge in [-0.1, -0.05) is 18.2 Å². The molecule has 26 heavy (non-hydrogen) atoms. The van der Waals surface area contributed by atoms with Crippen LogP contribution < -0.4 is 4.74 Å². The summed E-state index contributed by atoms with van der Waals surface area (Å²) in [4.78, 5) is 16.3. The van der Waals surface area contributed by atoms with Crippen molar-refractivity contribution in [2.75, 3.05) is 0 Å². The first kappa shape index (κ1) is 20.6. The quantitative estimate of drug-likeness (QED) is 0.140. The summed E-state index contributed by atoms with van der Waals surface area (Å²) in [5.74, 6) is -0.171. The monoisotopic (exact) mass is 472 g/mol. The van der Waals surface area contributed by atoms with Crippen LogP contribution in [0.5, 0.6) is 5.75 Å². The van der Waals surface area contributed by atoms with Gasteiger partial charge < -0.3 is 4.74 Å². The number of hydrogen-bond donors (Lipinski definition) is 7. The summed E-state index contributed by atoms with van der Waals surface area (Å²) in [5, 5.41) is 1.09. The Labute approximate surface area is 189 Å². The van der Waals surface area contributed by atoms with E-state index in [9.17, 15) is 4.79 Å². The molecule has 3 rings (SSSR count). The van der Waals surface area contributed by atoms with Gasteiger partial charge in [-0.25, -0.2) is 4.79 Å². The molecular formula is C17H12O2S7. The minimum atomic E-state index is -0.586. The van der Waals surface area contributed by atoms with Gasteiger partial charge in [-0.3, -0.25) is 0 Å². The number of fused-ring (bicyclic) bond motifs is 1. The molecule has 0 aliphatic carbocycles. The van der Waals surface area contributed by atoms with Crippen LogP contribution in [-0.4, -0.2) is 5.97 Å². The van der Waals surface area contributed by atoms with Gasteiger partial charge in [-0.2, -0.15) is 0 Å². The van der Waals surface area contributed by atoms with Crippen molar-refractivity contribution in [2.45, 2.75) is 34.3 Å². The first-order valence-corrected chi connectivity index (χ1v) is 10.2. The van der Waals surface area contributed by atoms with Crippen LogP contribution in [0.2, 0.25) is 0 Å². The lowest BCUT2D eigenvalue weighted by molar-refractivity contribution is 0.0732. The summed E-state index contributed by atoms with van der Waals surface area (Å²) < 4.78 is 5.50. The second-order valence-electron chi connectivity index (χ2n) is 5.27. The van der Waals surface area contributed by atoms with E-state index >= 15 is 0 Å². The SMILES string of the molecule is O=C(Oc1ccccc1)c1c(S)c(S)c(S)c2c(S)c(S)c(S)c(S)c12. The van der Waals surface area contributed by atoms with Crippen LogP contribution in [-0.2, 0) is 0 Å². The fourth-order valence-electron chi connectivity index (χ4n) is 2.48. The Balaban J connectivity index is 2.36. The van der Waals surface area contributed by atoms with Gasteiger partial charge in [0.25, 0.3) is 0 Å². The van der Waals surface area contributed by atoms with Gasteiger partial charge in [0, 0.05) is 45.0 Å². The number of carbonyl (C=O) groups excluding carboxylic acids is 1. The number of carbonyl (C=O) groups is 1. The Morgan fingerprint density at radius 2 is 1.08 bits per heavy atom. The second-order valence-corrected chi connectivity index (χ2v) is 8.40. The highest BCUT2D eigenvalue weighted by Crippen LogP contribution is 2.47. The van der Waals surface area contributed by atoms with E-state index in [1.165, 1.54) is 0 Å². The lowest BCUT2D eigenvalue weighted by atomic mass is 10.0. The highest BCUT2D eigenvalue weighted by Gasteiger charge is 2.26. The maximum atomic E-state index is 12.9. The molecule has 0 saturated heterocycles. The van der Waals surface area contributed by atoms with Crippen molar-refractivity contribution < 1.29 is 9.53 Å². The van der Waals surface area contributed by atoms with E-state index in [1.54, 1.807) is 24.3 Å². The van der Waals surface area contributed by atoms with Crippen molar-refractivity contribution >= 4 is 105 Å². The van der Waals surface area contributed by atoms with E-state index in [2.05, 4.69) is 88.4 Å². The molecule has 0 fully saturated rings. The second kappa shape index (κ2) is 8.06. The zero-order chi connectivity index (χ0) is 19.2. The fraction of sp³-hybridized carbons (Fsp3) is 0. The molecule has 0 aromatic heterocycles. The Morgan fingerprint density at radius 3 is 1.62 bits per heavy atom. The minimum absolute atomic E-state index is 0.221. The molecule has 0 heterocycles. The van der Waals surface area contributed by atoms with Crippen molar-refractivity contribution in [3.05, 3.63) is 35.9 Å². The molecule has 9 heteroatoms. The Bertz CT molecular complexity index is 1040. The number of rotatable bonds is 2. The third kappa shape index (κ3) is 3.47. The van der Waals surface area contributed by atoms with Crippen molar-refractivity contribution in [1.82, 2.24) is 0 Å². The molecule has 0 N–H and O–H groups in total. The molecule has 0 atom stereocenters. The Hall–Kier alpha value is -0.160. The lowest BCUT2D eigenvalue weighted by Gasteiger charge is -2.19. The number of thiol groups is 7. The average Bonchev–Trinajstić information content (AvgIpc) is 2.63. The predicted molar refractivity (Wildman–Crippen MR) is 126 cm³/mol. The molecule has 3 aromatic rings. The van der Waals surface area contributed by atoms with Gasteiger partial charge in [0.1, 0.15) is 5.75 Å². The van der Waals surface area contributed by atoms with Crippen LogP contribution in [0.15, 0.2) is 64.6 Å². The molecule has 0 amide bonds. The third-order valence-corrected chi connectivity index (χ3v) is 7.74. The molecule has 3 aromatic carbocycles. The van der Waals surface area contributed by atoms with Gasteiger partial charge in [0.15, 0.2) is 0 Å². The number of esters is 1. The van der Waals surface area contributed by atoms with E-state index in [1.807, 2.05) is 6.07 Å². The Kier molecular flexibility index (Phi) is 6.38. The first-order chi connectivity index (χ1) is 12.3. The zero-order valence-corrected chi connectivity index (χ0v) is 19.1. The van der Waals surface area contributed by atoms with Crippen LogP contribution in [0.4, 0.5) is 0 Å². The standard InChI is InChI=1S/C17H12O2S7/c18-17(19-6-4-2-1-3-5-6)9-7-8(11(21)14(24)13(9)23)12(22)16(26)15(25)10(7)20/h1-5,20-26H. The summed E-state index contributed by atoms with van der Waals surface area (Å²) in [7, 11) is 0. The molecule has 0 aliphatic heterocycles. The molecule has 0 unspecified atom stereocenters. The molecule has 0 radical (unpaired) electrons. The van der Waals surface area contributed by atoms with Gasteiger partial charge in [-0.05, 0) is 12.1 Å². The summed E-state index contributed by atoms with van der Waals surface area (Å²) in [6, 6.07) is 8.76. The van der Waals surface area contributed by atoms with Crippen LogP contribution >= 0.6 is 88.4 Å². The van der Waals surface area contributed by atoms with Gasteiger partial charge in [-0.15, -0.1) is 88.4 Å². The molecule has 0 spiro atoms. The summed E-state index contributed by atoms with van der Waals surface area (Å²) in [6.45, 7) is 0. The van der Waals surface area contributed by atoms with Crippen molar-refractivity contribution in [1.29, 1.82) is 0 Å². The minimum Gasteiger partial charge on any atom is -0.423 e. The Morgan fingerprint density at radius 1 is 0.615 bits per heavy atom. The molecule has 0 bridgehead atoms. The smallest absolute Gasteiger partial charge is 0.345 e. The number of benzene rings is 3. The topological polar surface area (TPSA) is 26.3 Å². The normalized spacial score (nSPS) is 11.0. The molecule has 134 valence electrons. The van der Waals surface area contributed by atoms with Crippen LogP contribution in [0.3, 0.4) is 0 Å². The van der Waals surface area contributed by atoms with Crippen molar-refractivity contribution in [3.8, 4) is 5.75 Å². The van der Waals surface area contributed by atoms with Gasteiger partial charge in [0.2, 0.25) is 0 Å². The fourth-order valence-corrected chi connectivity index (χ4v) is 4.83. The van der Waals surface area contributed by atoms with Crippen LogP contribution in [0.1, 0.15) is 10.4 Å². The van der Waals surface area contributed by atoms with Gasteiger partial charge in [0.05, 0.1) is 5.56 Å².